The molecule has 0 aliphatic carbocycles. The van der Waals surface area contributed by atoms with E-state index in [1.54, 1.807) is 16.8 Å². The van der Waals surface area contributed by atoms with E-state index < -0.39 is 0 Å². The number of hydrogen-bond acceptors (Lipinski definition) is 4. The first-order valence-corrected chi connectivity index (χ1v) is 8.69. The fourth-order valence-corrected chi connectivity index (χ4v) is 3.27. The summed E-state index contributed by atoms with van der Waals surface area (Å²) in [5, 5.41) is 7.54. The van der Waals surface area contributed by atoms with Crippen LogP contribution in [0.2, 0.25) is 0 Å². The summed E-state index contributed by atoms with van der Waals surface area (Å²) in [5.41, 5.74) is 0.573. The molecule has 1 atom stereocenters. The van der Waals surface area contributed by atoms with E-state index in [0.29, 0.717) is 11.5 Å². The molecule has 1 aromatic heterocycles. The molecular formula is C18H24FN5O. The molecule has 1 N–H and O–H groups in total. The fraction of sp³-hybridized carbons (Fsp3) is 0.500. The highest BCUT2D eigenvalue weighted by Crippen LogP contribution is 2.22. The van der Waals surface area contributed by atoms with Crippen LogP contribution in [0.4, 0.5) is 4.39 Å². The topological polar surface area (TPSA) is 63.1 Å². The second-order valence-corrected chi connectivity index (χ2v) is 6.69. The number of nitrogens with zero attached hydrogens (tertiary/aromatic N) is 4. The number of carbonyl (C=O) groups excluding carboxylic acids is 1. The van der Waals surface area contributed by atoms with Gasteiger partial charge in [-0.25, -0.2) is 14.1 Å². The highest BCUT2D eigenvalue weighted by atomic mass is 19.1. The highest BCUT2D eigenvalue weighted by molar-refractivity contribution is 5.91. The molecule has 134 valence electrons. The average molecular weight is 345 g/mol. The molecule has 0 bridgehead atoms. The fourth-order valence-electron chi connectivity index (χ4n) is 3.27. The van der Waals surface area contributed by atoms with E-state index in [0.717, 1.165) is 25.9 Å². The molecule has 1 aromatic carbocycles. The van der Waals surface area contributed by atoms with E-state index in [9.17, 15) is 9.18 Å². The van der Waals surface area contributed by atoms with Gasteiger partial charge in [0.25, 0.3) is 5.91 Å². The molecule has 0 spiro atoms. The number of aromatic nitrogens is 3. The number of nitrogens with one attached hydrogen (secondary N) is 1. The lowest BCUT2D eigenvalue weighted by atomic mass is 10.2. The third-order valence-electron chi connectivity index (χ3n) is 4.47. The molecule has 7 heteroatoms. The van der Waals surface area contributed by atoms with Crippen LogP contribution >= 0.6 is 0 Å². The van der Waals surface area contributed by atoms with Gasteiger partial charge in [0.05, 0.1) is 5.69 Å². The molecule has 1 aliphatic heterocycles. The van der Waals surface area contributed by atoms with E-state index in [-0.39, 0.29) is 29.5 Å². The summed E-state index contributed by atoms with van der Waals surface area (Å²) < 4.78 is 15.2. The Kier molecular flexibility index (Phi) is 5.13. The zero-order valence-corrected chi connectivity index (χ0v) is 14.9. The molecule has 6 nitrogen and oxygen atoms in total. The van der Waals surface area contributed by atoms with Crippen molar-refractivity contribution in [3.05, 3.63) is 41.7 Å². The summed E-state index contributed by atoms with van der Waals surface area (Å²) >= 11 is 0. The van der Waals surface area contributed by atoms with Gasteiger partial charge >= 0.3 is 0 Å². The van der Waals surface area contributed by atoms with Gasteiger partial charge in [0.2, 0.25) is 5.82 Å². The van der Waals surface area contributed by atoms with Gasteiger partial charge in [-0.05, 0) is 38.1 Å². The molecule has 0 radical (unpaired) electrons. The summed E-state index contributed by atoms with van der Waals surface area (Å²) in [6, 6.07) is 6.34. The highest BCUT2D eigenvalue weighted by Gasteiger charge is 2.32. The summed E-state index contributed by atoms with van der Waals surface area (Å²) in [4.78, 5) is 19.2. The predicted octanol–water partition coefficient (Wildman–Crippen LogP) is 2.35. The minimum Gasteiger partial charge on any atom is -0.332 e. The lowest BCUT2D eigenvalue weighted by molar-refractivity contribution is 0.0724. The Bertz CT molecular complexity index is 758. The van der Waals surface area contributed by atoms with Gasteiger partial charge in [-0.1, -0.05) is 19.9 Å². The van der Waals surface area contributed by atoms with Crippen LogP contribution in [0.25, 0.3) is 5.69 Å². The van der Waals surface area contributed by atoms with Gasteiger partial charge in [0.1, 0.15) is 11.6 Å². The van der Waals surface area contributed by atoms with Crippen LogP contribution in [0, 0.1) is 5.82 Å². The number of hydrogen-bond donors (Lipinski definition) is 1. The Hall–Kier alpha value is -2.28. The van der Waals surface area contributed by atoms with E-state index in [4.69, 9.17) is 0 Å². The van der Waals surface area contributed by atoms with Gasteiger partial charge in [-0.3, -0.25) is 4.79 Å². The first kappa shape index (κ1) is 17.5. The largest absolute Gasteiger partial charge is 0.332 e. The van der Waals surface area contributed by atoms with Crippen molar-refractivity contribution >= 4 is 5.91 Å². The lowest BCUT2D eigenvalue weighted by Gasteiger charge is -2.23. The monoisotopic (exact) mass is 345 g/mol. The van der Waals surface area contributed by atoms with Crippen molar-refractivity contribution in [3.63, 3.8) is 0 Å². The van der Waals surface area contributed by atoms with Crippen LogP contribution in [0.1, 0.15) is 49.1 Å². The predicted molar refractivity (Wildman–Crippen MR) is 93.4 cm³/mol. The first-order valence-electron chi connectivity index (χ1n) is 8.69. The third-order valence-corrected chi connectivity index (χ3v) is 4.47. The first-order chi connectivity index (χ1) is 12.0. The molecular weight excluding hydrogens is 321 g/mol. The maximum atomic E-state index is 13.6. The zero-order chi connectivity index (χ0) is 18.0. The molecule has 3 rings (SSSR count). The summed E-state index contributed by atoms with van der Waals surface area (Å²) in [6.45, 7) is 5.44. The molecule has 1 fully saturated rings. The molecule has 25 heavy (non-hydrogen) atoms. The summed E-state index contributed by atoms with van der Waals surface area (Å²) in [5.74, 6) is 0.386. The van der Waals surface area contributed by atoms with Crippen LogP contribution in [-0.2, 0) is 0 Å². The van der Waals surface area contributed by atoms with Crippen molar-refractivity contribution in [3.8, 4) is 5.69 Å². The molecule has 2 aromatic rings. The Morgan fingerprint density at radius 3 is 2.92 bits per heavy atom. The summed E-state index contributed by atoms with van der Waals surface area (Å²) in [6.07, 6.45) is 1.97. The Morgan fingerprint density at radius 2 is 2.24 bits per heavy atom. The number of halogens is 1. The van der Waals surface area contributed by atoms with E-state index >= 15 is 0 Å². The molecule has 1 unspecified atom stereocenters. The van der Waals surface area contributed by atoms with Crippen molar-refractivity contribution in [1.82, 2.24) is 25.0 Å². The average Bonchev–Trinajstić information content (AvgIpc) is 3.21. The minimum atomic E-state index is -0.343. The molecule has 1 saturated heterocycles. The quantitative estimate of drug-likeness (QED) is 0.904. The van der Waals surface area contributed by atoms with Crippen molar-refractivity contribution in [2.24, 2.45) is 0 Å². The van der Waals surface area contributed by atoms with E-state index in [1.807, 2.05) is 25.8 Å². The number of carbonyl (C=O) groups is 1. The maximum Gasteiger partial charge on any atom is 0.293 e. The summed E-state index contributed by atoms with van der Waals surface area (Å²) in [7, 11) is 1.88. The zero-order valence-electron chi connectivity index (χ0n) is 14.9. The third kappa shape index (κ3) is 3.56. The number of amides is 1. The van der Waals surface area contributed by atoms with Crippen molar-refractivity contribution in [2.75, 3.05) is 20.1 Å². The number of likely N-dealkylation sites (tertiary alicyclic amines) is 1. The van der Waals surface area contributed by atoms with Gasteiger partial charge in [-0.2, -0.15) is 0 Å². The second-order valence-electron chi connectivity index (χ2n) is 6.69. The van der Waals surface area contributed by atoms with Gasteiger partial charge in [-0.15, -0.1) is 5.10 Å². The van der Waals surface area contributed by atoms with Crippen molar-refractivity contribution < 1.29 is 9.18 Å². The van der Waals surface area contributed by atoms with Crippen molar-refractivity contribution in [2.45, 2.75) is 38.6 Å². The smallest absolute Gasteiger partial charge is 0.293 e. The van der Waals surface area contributed by atoms with Crippen molar-refractivity contribution in [1.29, 1.82) is 0 Å². The van der Waals surface area contributed by atoms with E-state index in [1.165, 1.54) is 12.1 Å². The lowest BCUT2D eigenvalue weighted by Crippen LogP contribution is -2.41. The molecule has 2 heterocycles. The second kappa shape index (κ2) is 7.31. The molecule has 1 aliphatic rings. The minimum absolute atomic E-state index is 0.0593. The van der Waals surface area contributed by atoms with Crippen LogP contribution in [0.5, 0.6) is 0 Å². The number of likely N-dealkylation sites (N-methyl/N-ethyl adjacent to an activating group) is 1. The van der Waals surface area contributed by atoms with Crippen LogP contribution in [-0.4, -0.2) is 51.8 Å². The number of rotatable bonds is 5. The standard InChI is InChI=1S/C18H24FN5O/c1-12(2)17-21-16(18(25)23-9-5-8-15(23)11-20-3)22-24(17)14-7-4-6-13(19)10-14/h4,6-7,10,12,15,20H,5,8-9,11H2,1-3H3. The Morgan fingerprint density at radius 1 is 1.44 bits per heavy atom. The van der Waals surface area contributed by atoms with Gasteiger partial charge in [0.15, 0.2) is 0 Å². The van der Waals surface area contributed by atoms with Gasteiger partial charge < -0.3 is 10.2 Å². The van der Waals surface area contributed by atoms with Crippen LogP contribution in [0.15, 0.2) is 24.3 Å². The van der Waals surface area contributed by atoms with Gasteiger partial charge in [0, 0.05) is 25.0 Å². The normalized spacial score (nSPS) is 17.5. The Labute approximate surface area is 147 Å². The molecule has 1 amide bonds. The Balaban J connectivity index is 1.95. The number of benzene rings is 1. The van der Waals surface area contributed by atoms with Crippen LogP contribution in [0.3, 0.4) is 0 Å². The maximum absolute atomic E-state index is 13.6. The SMILES string of the molecule is CNCC1CCCN1C(=O)c1nc(C(C)C)n(-c2cccc(F)c2)n1. The molecule has 0 saturated carbocycles. The van der Waals surface area contributed by atoms with E-state index in [2.05, 4.69) is 15.4 Å². The van der Waals surface area contributed by atoms with Crippen LogP contribution < -0.4 is 5.32 Å².